The molecule has 0 amide bonds. The number of aromatic nitrogens is 1. The van der Waals surface area contributed by atoms with E-state index in [1.807, 2.05) is 6.20 Å². The molecule has 0 radical (unpaired) electrons. The van der Waals surface area contributed by atoms with Gasteiger partial charge < -0.3 is 15.4 Å². The lowest BCUT2D eigenvalue weighted by atomic mass is 10.00. The van der Waals surface area contributed by atoms with Crippen LogP contribution in [0.1, 0.15) is 24.1 Å². The summed E-state index contributed by atoms with van der Waals surface area (Å²) in [5.74, 6) is 0.770. The second-order valence-corrected chi connectivity index (χ2v) is 5.11. The SMILES string of the molecule is CN(Cc1ccc(CN)cn1)CC1CCOCC1. The first-order valence-electron chi connectivity index (χ1n) is 6.68. The zero-order valence-corrected chi connectivity index (χ0v) is 11.1. The number of rotatable bonds is 5. The number of nitrogens with two attached hydrogens (primary N) is 1. The molecular formula is C14H23N3O. The highest BCUT2D eigenvalue weighted by Gasteiger charge is 2.15. The lowest BCUT2D eigenvalue weighted by Gasteiger charge is -2.26. The maximum absolute atomic E-state index is 5.56. The average molecular weight is 249 g/mol. The largest absolute Gasteiger partial charge is 0.381 e. The van der Waals surface area contributed by atoms with Crippen LogP contribution < -0.4 is 5.73 Å². The van der Waals surface area contributed by atoms with Crippen LogP contribution in [-0.2, 0) is 17.8 Å². The molecular weight excluding hydrogens is 226 g/mol. The zero-order chi connectivity index (χ0) is 12.8. The second kappa shape index (κ2) is 6.83. The summed E-state index contributed by atoms with van der Waals surface area (Å²) < 4.78 is 5.38. The molecule has 1 aromatic rings. The minimum absolute atomic E-state index is 0.561. The molecule has 0 unspecified atom stereocenters. The van der Waals surface area contributed by atoms with Crippen LogP contribution in [0.4, 0.5) is 0 Å². The van der Waals surface area contributed by atoms with Gasteiger partial charge in [-0.05, 0) is 37.4 Å². The normalized spacial score (nSPS) is 17.3. The lowest BCUT2D eigenvalue weighted by molar-refractivity contribution is 0.0548. The zero-order valence-electron chi connectivity index (χ0n) is 11.1. The van der Waals surface area contributed by atoms with Gasteiger partial charge in [-0.3, -0.25) is 4.98 Å². The molecule has 100 valence electrons. The molecule has 0 aromatic carbocycles. The molecule has 4 heteroatoms. The van der Waals surface area contributed by atoms with Crippen LogP contribution in [0.25, 0.3) is 0 Å². The topological polar surface area (TPSA) is 51.4 Å². The molecule has 2 heterocycles. The van der Waals surface area contributed by atoms with Crippen LogP contribution in [0.5, 0.6) is 0 Å². The predicted octanol–water partition coefficient (Wildman–Crippen LogP) is 1.40. The smallest absolute Gasteiger partial charge is 0.0544 e. The van der Waals surface area contributed by atoms with Gasteiger partial charge in [-0.25, -0.2) is 0 Å². The van der Waals surface area contributed by atoms with Gasteiger partial charge in [0, 0.05) is 39.0 Å². The average Bonchev–Trinajstić information content (AvgIpc) is 2.40. The van der Waals surface area contributed by atoms with Gasteiger partial charge in [-0.1, -0.05) is 6.07 Å². The van der Waals surface area contributed by atoms with E-state index in [9.17, 15) is 0 Å². The molecule has 4 nitrogen and oxygen atoms in total. The quantitative estimate of drug-likeness (QED) is 0.857. The van der Waals surface area contributed by atoms with E-state index in [1.54, 1.807) is 0 Å². The van der Waals surface area contributed by atoms with Crippen molar-refractivity contribution in [1.82, 2.24) is 9.88 Å². The van der Waals surface area contributed by atoms with Crippen molar-refractivity contribution in [3.05, 3.63) is 29.6 Å². The van der Waals surface area contributed by atoms with Gasteiger partial charge in [-0.2, -0.15) is 0 Å². The third-order valence-corrected chi connectivity index (χ3v) is 3.46. The number of hydrogen-bond acceptors (Lipinski definition) is 4. The molecule has 1 saturated heterocycles. The first kappa shape index (κ1) is 13.5. The van der Waals surface area contributed by atoms with Crippen LogP contribution in [0.2, 0.25) is 0 Å². The van der Waals surface area contributed by atoms with E-state index in [1.165, 1.54) is 12.8 Å². The van der Waals surface area contributed by atoms with Crippen molar-refractivity contribution in [2.45, 2.75) is 25.9 Å². The maximum Gasteiger partial charge on any atom is 0.0544 e. The van der Waals surface area contributed by atoms with Gasteiger partial charge in [-0.15, -0.1) is 0 Å². The Kier molecular flexibility index (Phi) is 5.11. The molecule has 0 bridgehead atoms. The fourth-order valence-corrected chi connectivity index (χ4v) is 2.38. The summed E-state index contributed by atoms with van der Waals surface area (Å²) in [6, 6.07) is 4.13. The predicted molar refractivity (Wildman–Crippen MR) is 72.0 cm³/mol. The van der Waals surface area contributed by atoms with Gasteiger partial charge in [0.05, 0.1) is 5.69 Å². The summed E-state index contributed by atoms with van der Waals surface area (Å²) in [6.07, 6.45) is 4.24. The van der Waals surface area contributed by atoms with Gasteiger partial charge in [0.2, 0.25) is 0 Å². The van der Waals surface area contributed by atoms with Crippen molar-refractivity contribution >= 4 is 0 Å². The molecule has 1 aliphatic heterocycles. The Bertz CT molecular complexity index is 347. The van der Waals surface area contributed by atoms with Crippen LogP contribution >= 0.6 is 0 Å². The van der Waals surface area contributed by atoms with Crippen LogP contribution in [-0.4, -0.2) is 36.7 Å². The molecule has 1 aromatic heterocycles. The minimum Gasteiger partial charge on any atom is -0.381 e. The number of hydrogen-bond donors (Lipinski definition) is 1. The standard InChI is InChI=1S/C14H23N3O/c1-17(10-12-4-6-18-7-5-12)11-14-3-2-13(8-15)9-16-14/h2-3,9,12H,4-8,10-11,15H2,1H3. The van der Waals surface area contributed by atoms with E-state index in [4.69, 9.17) is 10.5 Å². The lowest BCUT2D eigenvalue weighted by Crippen LogP contribution is -2.29. The Morgan fingerprint density at radius 2 is 2.17 bits per heavy atom. The monoisotopic (exact) mass is 249 g/mol. The van der Waals surface area contributed by atoms with E-state index in [0.29, 0.717) is 6.54 Å². The van der Waals surface area contributed by atoms with Crippen molar-refractivity contribution in [1.29, 1.82) is 0 Å². The van der Waals surface area contributed by atoms with E-state index in [0.717, 1.165) is 43.5 Å². The summed E-state index contributed by atoms with van der Waals surface area (Å²) in [5.41, 5.74) is 7.76. The summed E-state index contributed by atoms with van der Waals surface area (Å²) in [5, 5.41) is 0. The van der Waals surface area contributed by atoms with Crippen LogP contribution in [0.15, 0.2) is 18.3 Å². The summed E-state index contributed by atoms with van der Waals surface area (Å²) in [7, 11) is 2.16. The van der Waals surface area contributed by atoms with Crippen LogP contribution in [0, 0.1) is 5.92 Å². The van der Waals surface area contributed by atoms with Gasteiger partial charge >= 0.3 is 0 Å². The number of pyridine rings is 1. The summed E-state index contributed by atoms with van der Waals surface area (Å²) in [6.45, 7) is 4.43. The molecule has 1 fully saturated rings. The van der Waals surface area contributed by atoms with Gasteiger partial charge in [0.25, 0.3) is 0 Å². The van der Waals surface area contributed by atoms with Crippen molar-refractivity contribution in [2.24, 2.45) is 11.7 Å². The maximum atomic E-state index is 5.56. The number of ether oxygens (including phenoxy) is 1. The van der Waals surface area contributed by atoms with Crippen LogP contribution in [0.3, 0.4) is 0 Å². The molecule has 18 heavy (non-hydrogen) atoms. The molecule has 0 atom stereocenters. The van der Waals surface area contributed by atoms with E-state index in [2.05, 4.69) is 29.1 Å². The highest BCUT2D eigenvalue weighted by molar-refractivity contribution is 5.13. The minimum atomic E-state index is 0.561. The molecule has 0 saturated carbocycles. The summed E-state index contributed by atoms with van der Waals surface area (Å²) in [4.78, 5) is 6.78. The fourth-order valence-electron chi connectivity index (χ4n) is 2.38. The molecule has 2 N–H and O–H groups in total. The Labute approximate surface area is 109 Å². The van der Waals surface area contributed by atoms with Crippen molar-refractivity contribution < 1.29 is 4.74 Å². The van der Waals surface area contributed by atoms with E-state index < -0.39 is 0 Å². The first-order valence-corrected chi connectivity index (χ1v) is 6.68. The Morgan fingerprint density at radius 1 is 1.39 bits per heavy atom. The van der Waals surface area contributed by atoms with E-state index in [-0.39, 0.29) is 0 Å². The Morgan fingerprint density at radius 3 is 2.78 bits per heavy atom. The van der Waals surface area contributed by atoms with Crippen molar-refractivity contribution in [2.75, 3.05) is 26.8 Å². The third kappa shape index (κ3) is 4.05. The fraction of sp³-hybridized carbons (Fsp3) is 0.643. The molecule has 1 aliphatic rings. The van der Waals surface area contributed by atoms with E-state index >= 15 is 0 Å². The third-order valence-electron chi connectivity index (χ3n) is 3.46. The second-order valence-electron chi connectivity index (χ2n) is 5.11. The van der Waals surface area contributed by atoms with Gasteiger partial charge in [0.1, 0.15) is 0 Å². The summed E-state index contributed by atoms with van der Waals surface area (Å²) >= 11 is 0. The Hall–Kier alpha value is -0.970. The van der Waals surface area contributed by atoms with Crippen molar-refractivity contribution in [3.8, 4) is 0 Å². The first-order chi connectivity index (χ1) is 8.78. The highest BCUT2D eigenvalue weighted by atomic mass is 16.5. The molecule has 0 aliphatic carbocycles. The van der Waals surface area contributed by atoms with Gasteiger partial charge in [0.15, 0.2) is 0 Å². The Balaban J connectivity index is 1.80. The number of nitrogens with zero attached hydrogens (tertiary/aromatic N) is 2. The molecule has 2 rings (SSSR count). The molecule has 0 spiro atoms. The van der Waals surface area contributed by atoms with Crippen molar-refractivity contribution in [3.63, 3.8) is 0 Å². The highest BCUT2D eigenvalue weighted by Crippen LogP contribution is 2.16.